The van der Waals surface area contributed by atoms with Gasteiger partial charge in [-0.2, -0.15) is 0 Å². The molecule has 1 rings (SSSR count). The van der Waals surface area contributed by atoms with Crippen LogP contribution >= 0.6 is 15.9 Å². The van der Waals surface area contributed by atoms with Gasteiger partial charge >= 0.3 is 0 Å². The second-order valence-electron chi connectivity index (χ2n) is 4.78. The molecule has 0 saturated heterocycles. The molecule has 0 bridgehead atoms. The maximum atomic E-state index is 5.75. The van der Waals surface area contributed by atoms with E-state index in [4.69, 9.17) is 4.74 Å². The Balaban J connectivity index is 2.39. The lowest BCUT2D eigenvalue weighted by molar-refractivity contribution is 0.0519. The maximum Gasteiger partial charge on any atom is 0.0728 e. The summed E-state index contributed by atoms with van der Waals surface area (Å²) in [6.45, 7) is 6.78. The Morgan fingerprint density at radius 2 is 2.00 bits per heavy atom. The lowest BCUT2D eigenvalue weighted by atomic mass is 9.95. The average molecular weight is 286 g/mol. The molecule has 0 aliphatic carbocycles. The third-order valence-corrected chi connectivity index (χ3v) is 3.14. The van der Waals surface area contributed by atoms with Crippen LogP contribution in [0.25, 0.3) is 0 Å². The fraction of sp³-hybridized carbons (Fsp3) is 0.538. The normalized spacial score (nSPS) is 11.8. The standard InChI is InChI=1S/C13H20BrNO/c1-13(2,9-15-3)10-16-8-11-6-4-5-7-12(11)14/h4-7,15H,8-10H2,1-3H3. The SMILES string of the molecule is CNCC(C)(C)COCc1ccccc1Br. The summed E-state index contributed by atoms with van der Waals surface area (Å²) in [7, 11) is 1.97. The molecule has 1 N–H and O–H groups in total. The van der Waals surface area contributed by atoms with Crippen molar-refractivity contribution in [2.45, 2.75) is 20.5 Å². The molecule has 16 heavy (non-hydrogen) atoms. The summed E-state index contributed by atoms with van der Waals surface area (Å²) >= 11 is 3.52. The molecule has 0 atom stereocenters. The smallest absolute Gasteiger partial charge is 0.0728 e. The summed E-state index contributed by atoms with van der Waals surface area (Å²) in [6.07, 6.45) is 0. The predicted molar refractivity (Wildman–Crippen MR) is 71.5 cm³/mol. The van der Waals surface area contributed by atoms with E-state index >= 15 is 0 Å². The molecule has 0 radical (unpaired) electrons. The van der Waals surface area contributed by atoms with E-state index < -0.39 is 0 Å². The third kappa shape index (κ3) is 4.64. The third-order valence-electron chi connectivity index (χ3n) is 2.36. The second-order valence-corrected chi connectivity index (χ2v) is 5.63. The number of hydrogen-bond acceptors (Lipinski definition) is 2. The molecule has 0 aliphatic rings. The van der Waals surface area contributed by atoms with Crippen LogP contribution in [0.15, 0.2) is 28.7 Å². The molecule has 0 amide bonds. The first kappa shape index (κ1) is 13.7. The highest BCUT2D eigenvalue weighted by Gasteiger charge is 2.16. The largest absolute Gasteiger partial charge is 0.376 e. The van der Waals surface area contributed by atoms with E-state index in [0.29, 0.717) is 6.61 Å². The van der Waals surface area contributed by atoms with E-state index in [2.05, 4.69) is 41.2 Å². The zero-order valence-corrected chi connectivity index (χ0v) is 11.8. The van der Waals surface area contributed by atoms with E-state index in [0.717, 1.165) is 17.6 Å². The first-order valence-electron chi connectivity index (χ1n) is 5.51. The fourth-order valence-corrected chi connectivity index (χ4v) is 1.98. The summed E-state index contributed by atoms with van der Waals surface area (Å²) in [4.78, 5) is 0. The van der Waals surface area contributed by atoms with Crippen molar-refractivity contribution in [3.63, 3.8) is 0 Å². The van der Waals surface area contributed by atoms with Gasteiger partial charge in [-0.05, 0) is 18.7 Å². The predicted octanol–water partition coefficient (Wildman–Crippen LogP) is 3.21. The molecule has 1 aromatic carbocycles. The summed E-state index contributed by atoms with van der Waals surface area (Å²) in [5.74, 6) is 0. The Morgan fingerprint density at radius 1 is 1.31 bits per heavy atom. The van der Waals surface area contributed by atoms with Gasteiger partial charge in [0, 0.05) is 16.4 Å². The van der Waals surface area contributed by atoms with Gasteiger partial charge in [0.1, 0.15) is 0 Å². The topological polar surface area (TPSA) is 21.3 Å². The summed E-state index contributed by atoms with van der Waals surface area (Å²) in [5, 5.41) is 3.18. The van der Waals surface area contributed by atoms with Crippen LogP contribution < -0.4 is 5.32 Å². The molecule has 3 heteroatoms. The van der Waals surface area contributed by atoms with Crippen LogP contribution in [0.1, 0.15) is 19.4 Å². The molecule has 0 unspecified atom stereocenters. The van der Waals surface area contributed by atoms with Crippen LogP contribution in [0.2, 0.25) is 0 Å². The Kier molecular flexibility index (Phi) is 5.46. The van der Waals surface area contributed by atoms with E-state index in [1.165, 1.54) is 5.56 Å². The van der Waals surface area contributed by atoms with Gasteiger partial charge in [0.2, 0.25) is 0 Å². The summed E-state index contributed by atoms with van der Waals surface area (Å²) < 4.78 is 6.86. The van der Waals surface area contributed by atoms with Gasteiger partial charge in [-0.25, -0.2) is 0 Å². The van der Waals surface area contributed by atoms with Crippen molar-refractivity contribution in [3.05, 3.63) is 34.3 Å². The molecule has 0 aliphatic heterocycles. The Morgan fingerprint density at radius 3 is 2.62 bits per heavy atom. The van der Waals surface area contributed by atoms with Crippen LogP contribution in [0.3, 0.4) is 0 Å². The van der Waals surface area contributed by atoms with Crippen molar-refractivity contribution in [1.82, 2.24) is 5.32 Å². The molecule has 1 aromatic rings. The molecular formula is C13H20BrNO. The second kappa shape index (κ2) is 6.38. The minimum absolute atomic E-state index is 0.177. The summed E-state index contributed by atoms with van der Waals surface area (Å²) in [5.41, 5.74) is 1.37. The van der Waals surface area contributed by atoms with Gasteiger partial charge in [-0.3, -0.25) is 0 Å². The Bertz CT molecular complexity index is 325. The minimum atomic E-state index is 0.177. The van der Waals surface area contributed by atoms with Crippen molar-refractivity contribution in [2.24, 2.45) is 5.41 Å². The van der Waals surface area contributed by atoms with Crippen LogP contribution in [-0.4, -0.2) is 20.2 Å². The van der Waals surface area contributed by atoms with Crippen molar-refractivity contribution in [2.75, 3.05) is 20.2 Å². The van der Waals surface area contributed by atoms with Crippen molar-refractivity contribution >= 4 is 15.9 Å². The lowest BCUT2D eigenvalue weighted by Gasteiger charge is -2.24. The first-order valence-corrected chi connectivity index (χ1v) is 6.30. The fourth-order valence-electron chi connectivity index (χ4n) is 1.58. The number of benzene rings is 1. The van der Waals surface area contributed by atoms with Crippen molar-refractivity contribution < 1.29 is 4.74 Å². The lowest BCUT2D eigenvalue weighted by Crippen LogP contribution is -2.31. The number of halogens is 1. The van der Waals surface area contributed by atoms with Gasteiger partial charge in [0.25, 0.3) is 0 Å². The molecule has 0 aromatic heterocycles. The van der Waals surface area contributed by atoms with Crippen molar-refractivity contribution in [1.29, 1.82) is 0 Å². The number of nitrogens with one attached hydrogen (secondary N) is 1. The highest BCUT2D eigenvalue weighted by atomic mass is 79.9. The Hall–Kier alpha value is -0.380. The molecule has 0 fully saturated rings. The number of hydrogen-bond donors (Lipinski definition) is 1. The van der Waals surface area contributed by atoms with Gasteiger partial charge in [-0.1, -0.05) is 48.0 Å². The quantitative estimate of drug-likeness (QED) is 0.867. The maximum absolute atomic E-state index is 5.75. The van der Waals surface area contributed by atoms with Gasteiger partial charge in [0.05, 0.1) is 13.2 Å². The van der Waals surface area contributed by atoms with E-state index in [9.17, 15) is 0 Å². The Labute approximate surface area is 107 Å². The number of rotatable bonds is 6. The van der Waals surface area contributed by atoms with Crippen LogP contribution in [-0.2, 0) is 11.3 Å². The van der Waals surface area contributed by atoms with Crippen LogP contribution in [0.5, 0.6) is 0 Å². The molecule has 0 spiro atoms. The first-order chi connectivity index (χ1) is 7.55. The molecule has 0 saturated carbocycles. The molecule has 2 nitrogen and oxygen atoms in total. The number of ether oxygens (including phenoxy) is 1. The van der Waals surface area contributed by atoms with Gasteiger partial charge < -0.3 is 10.1 Å². The monoisotopic (exact) mass is 285 g/mol. The highest BCUT2D eigenvalue weighted by molar-refractivity contribution is 9.10. The van der Waals surface area contributed by atoms with Gasteiger partial charge in [0.15, 0.2) is 0 Å². The molecule has 0 heterocycles. The van der Waals surface area contributed by atoms with Crippen molar-refractivity contribution in [3.8, 4) is 0 Å². The molecular weight excluding hydrogens is 266 g/mol. The highest BCUT2D eigenvalue weighted by Crippen LogP contribution is 2.19. The van der Waals surface area contributed by atoms with Crippen LogP contribution in [0.4, 0.5) is 0 Å². The van der Waals surface area contributed by atoms with E-state index in [1.807, 2.05) is 25.2 Å². The summed E-state index contributed by atoms with van der Waals surface area (Å²) in [6, 6.07) is 8.16. The van der Waals surface area contributed by atoms with Crippen LogP contribution in [0, 0.1) is 5.41 Å². The zero-order valence-electron chi connectivity index (χ0n) is 10.2. The van der Waals surface area contributed by atoms with E-state index in [1.54, 1.807) is 0 Å². The molecule has 90 valence electrons. The minimum Gasteiger partial charge on any atom is -0.376 e. The average Bonchev–Trinajstić information content (AvgIpc) is 2.20. The van der Waals surface area contributed by atoms with Gasteiger partial charge in [-0.15, -0.1) is 0 Å². The zero-order chi connectivity index (χ0) is 12.0. The van der Waals surface area contributed by atoms with E-state index in [-0.39, 0.29) is 5.41 Å².